The average Bonchev–Trinajstić information content (AvgIpc) is 2.69. The van der Waals surface area contributed by atoms with Crippen LogP contribution in [0.25, 0.3) is 21.9 Å². The Morgan fingerprint density at radius 2 is 2.06 bits per heavy atom. The Labute approximate surface area is 104 Å². The van der Waals surface area contributed by atoms with Crippen LogP contribution in [-0.2, 0) is 18.4 Å². The van der Waals surface area contributed by atoms with Crippen molar-refractivity contribution in [1.29, 1.82) is 0 Å². The SMILES string of the molecule is COCc1nc2c(N)nc3ccccc3c2n1C. The largest absolute Gasteiger partial charge is 0.382 e. The van der Waals surface area contributed by atoms with Gasteiger partial charge in [0, 0.05) is 19.5 Å². The van der Waals surface area contributed by atoms with Gasteiger partial charge in [0.25, 0.3) is 0 Å². The van der Waals surface area contributed by atoms with Gasteiger partial charge in [-0.1, -0.05) is 18.2 Å². The molecule has 0 aliphatic rings. The number of nitrogen functional groups attached to an aromatic ring is 1. The number of imidazole rings is 1. The van der Waals surface area contributed by atoms with E-state index in [1.807, 2.05) is 35.9 Å². The smallest absolute Gasteiger partial charge is 0.152 e. The maximum atomic E-state index is 5.97. The topological polar surface area (TPSA) is 66.0 Å². The zero-order valence-corrected chi connectivity index (χ0v) is 10.3. The van der Waals surface area contributed by atoms with Crippen LogP contribution in [0.3, 0.4) is 0 Å². The van der Waals surface area contributed by atoms with E-state index in [9.17, 15) is 0 Å². The lowest BCUT2D eigenvalue weighted by Gasteiger charge is -2.04. The molecule has 0 saturated heterocycles. The lowest BCUT2D eigenvalue weighted by molar-refractivity contribution is 0.176. The monoisotopic (exact) mass is 242 g/mol. The summed E-state index contributed by atoms with van der Waals surface area (Å²) in [4.78, 5) is 8.88. The molecular weight excluding hydrogens is 228 g/mol. The number of para-hydroxylation sites is 1. The van der Waals surface area contributed by atoms with Crippen molar-refractivity contribution in [2.75, 3.05) is 12.8 Å². The first kappa shape index (κ1) is 11.0. The zero-order valence-electron chi connectivity index (χ0n) is 10.3. The van der Waals surface area contributed by atoms with Crippen LogP contribution in [-0.4, -0.2) is 21.6 Å². The Hall–Kier alpha value is -2.14. The highest BCUT2D eigenvalue weighted by Crippen LogP contribution is 2.27. The Bertz CT molecular complexity index is 733. The molecule has 2 heterocycles. The van der Waals surface area contributed by atoms with Crippen molar-refractivity contribution < 1.29 is 4.74 Å². The van der Waals surface area contributed by atoms with Crippen LogP contribution in [0.5, 0.6) is 0 Å². The quantitative estimate of drug-likeness (QED) is 0.744. The van der Waals surface area contributed by atoms with Gasteiger partial charge in [-0.15, -0.1) is 0 Å². The normalized spacial score (nSPS) is 11.4. The minimum Gasteiger partial charge on any atom is -0.382 e. The Morgan fingerprint density at radius 3 is 2.83 bits per heavy atom. The number of benzene rings is 1. The molecule has 0 fully saturated rings. The van der Waals surface area contributed by atoms with Crippen molar-refractivity contribution in [2.24, 2.45) is 7.05 Å². The number of pyridine rings is 1. The lowest BCUT2D eigenvalue weighted by Crippen LogP contribution is -1.99. The van der Waals surface area contributed by atoms with Crippen molar-refractivity contribution in [3.8, 4) is 0 Å². The first-order valence-corrected chi connectivity index (χ1v) is 5.71. The molecule has 0 unspecified atom stereocenters. The van der Waals surface area contributed by atoms with Crippen LogP contribution in [0.15, 0.2) is 24.3 Å². The van der Waals surface area contributed by atoms with E-state index in [1.165, 1.54) is 0 Å². The van der Waals surface area contributed by atoms with Crippen molar-refractivity contribution in [3.63, 3.8) is 0 Å². The highest BCUT2D eigenvalue weighted by atomic mass is 16.5. The molecule has 0 atom stereocenters. The summed E-state index contributed by atoms with van der Waals surface area (Å²) in [7, 11) is 3.62. The van der Waals surface area contributed by atoms with Crippen molar-refractivity contribution in [2.45, 2.75) is 6.61 Å². The second-order valence-electron chi connectivity index (χ2n) is 4.23. The van der Waals surface area contributed by atoms with E-state index in [4.69, 9.17) is 10.5 Å². The van der Waals surface area contributed by atoms with Crippen LogP contribution in [0.4, 0.5) is 5.82 Å². The fraction of sp³-hybridized carbons (Fsp3) is 0.231. The number of methoxy groups -OCH3 is 1. The molecule has 0 aliphatic carbocycles. The van der Waals surface area contributed by atoms with Crippen molar-refractivity contribution >= 4 is 27.8 Å². The number of fused-ring (bicyclic) bond motifs is 3. The fourth-order valence-electron chi connectivity index (χ4n) is 2.24. The second kappa shape index (κ2) is 3.96. The molecule has 92 valence electrons. The van der Waals surface area contributed by atoms with E-state index >= 15 is 0 Å². The highest BCUT2D eigenvalue weighted by Gasteiger charge is 2.14. The third-order valence-electron chi connectivity index (χ3n) is 3.10. The molecule has 5 nitrogen and oxygen atoms in total. The number of hydrogen-bond donors (Lipinski definition) is 1. The van der Waals surface area contributed by atoms with Gasteiger partial charge in [0.1, 0.15) is 17.9 Å². The van der Waals surface area contributed by atoms with Gasteiger partial charge in [-0.05, 0) is 6.07 Å². The highest BCUT2D eigenvalue weighted by molar-refractivity contribution is 6.06. The molecule has 3 rings (SSSR count). The summed E-state index contributed by atoms with van der Waals surface area (Å²) in [5, 5.41) is 1.05. The van der Waals surface area contributed by atoms with Gasteiger partial charge in [0.2, 0.25) is 0 Å². The van der Waals surface area contributed by atoms with Crippen LogP contribution in [0.1, 0.15) is 5.82 Å². The predicted octanol–water partition coefficient (Wildman–Crippen LogP) is 1.85. The Balaban J connectivity index is 2.47. The van der Waals surface area contributed by atoms with E-state index in [0.29, 0.717) is 12.4 Å². The number of nitrogens with zero attached hydrogens (tertiary/aromatic N) is 3. The lowest BCUT2D eigenvalue weighted by atomic mass is 10.2. The van der Waals surface area contributed by atoms with Gasteiger partial charge in [0.15, 0.2) is 5.82 Å². The standard InChI is InChI=1S/C13H14N4O/c1-17-10(7-18-2)16-11-12(17)8-5-3-4-6-9(8)15-13(11)14/h3-6H,7H2,1-2H3,(H2,14,15). The Kier molecular flexibility index (Phi) is 2.41. The number of aromatic nitrogens is 3. The number of ether oxygens (including phenoxy) is 1. The third kappa shape index (κ3) is 1.44. The maximum absolute atomic E-state index is 5.97. The molecule has 0 aliphatic heterocycles. The minimum absolute atomic E-state index is 0.457. The summed E-state index contributed by atoms with van der Waals surface area (Å²) in [6.45, 7) is 0.457. The van der Waals surface area contributed by atoms with Gasteiger partial charge in [-0.25, -0.2) is 9.97 Å². The predicted molar refractivity (Wildman–Crippen MR) is 71.1 cm³/mol. The van der Waals surface area contributed by atoms with Crippen LogP contribution in [0, 0.1) is 0 Å². The molecule has 0 amide bonds. The summed E-state index contributed by atoms with van der Waals surface area (Å²) in [5.41, 5.74) is 8.60. The summed E-state index contributed by atoms with van der Waals surface area (Å²) < 4.78 is 7.16. The van der Waals surface area contributed by atoms with Crippen molar-refractivity contribution in [3.05, 3.63) is 30.1 Å². The summed E-state index contributed by atoms with van der Waals surface area (Å²) in [6.07, 6.45) is 0. The van der Waals surface area contributed by atoms with Crippen LogP contribution < -0.4 is 5.73 Å². The third-order valence-corrected chi connectivity index (χ3v) is 3.10. The van der Waals surface area contributed by atoms with E-state index in [-0.39, 0.29) is 0 Å². The average molecular weight is 242 g/mol. The molecule has 2 N–H and O–H groups in total. The van der Waals surface area contributed by atoms with Crippen LogP contribution in [0.2, 0.25) is 0 Å². The van der Waals surface area contributed by atoms with E-state index in [0.717, 1.165) is 27.8 Å². The van der Waals surface area contributed by atoms with Gasteiger partial charge >= 0.3 is 0 Å². The fourth-order valence-corrected chi connectivity index (χ4v) is 2.24. The number of rotatable bonds is 2. The molecule has 0 saturated carbocycles. The summed E-state index contributed by atoms with van der Waals surface area (Å²) in [6, 6.07) is 7.92. The molecule has 5 heteroatoms. The first-order chi connectivity index (χ1) is 8.72. The summed E-state index contributed by atoms with van der Waals surface area (Å²) in [5.74, 6) is 1.30. The molecule has 0 spiro atoms. The zero-order chi connectivity index (χ0) is 12.7. The minimum atomic E-state index is 0.457. The first-order valence-electron chi connectivity index (χ1n) is 5.71. The van der Waals surface area contributed by atoms with Gasteiger partial charge in [0.05, 0.1) is 11.0 Å². The molecule has 3 aromatic rings. The van der Waals surface area contributed by atoms with Gasteiger partial charge < -0.3 is 15.0 Å². The van der Waals surface area contributed by atoms with Crippen molar-refractivity contribution in [1.82, 2.24) is 14.5 Å². The van der Waals surface area contributed by atoms with Gasteiger partial charge in [-0.3, -0.25) is 0 Å². The molecule has 0 radical (unpaired) electrons. The number of hydrogen-bond acceptors (Lipinski definition) is 4. The second-order valence-corrected chi connectivity index (χ2v) is 4.23. The Morgan fingerprint density at radius 1 is 1.28 bits per heavy atom. The van der Waals surface area contributed by atoms with E-state index < -0.39 is 0 Å². The number of anilines is 1. The van der Waals surface area contributed by atoms with Gasteiger partial charge in [-0.2, -0.15) is 0 Å². The number of aryl methyl sites for hydroxylation is 1. The molecular formula is C13H14N4O. The van der Waals surface area contributed by atoms with E-state index in [2.05, 4.69) is 9.97 Å². The number of nitrogens with two attached hydrogens (primary N) is 1. The molecule has 1 aromatic carbocycles. The molecule has 18 heavy (non-hydrogen) atoms. The van der Waals surface area contributed by atoms with E-state index in [1.54, 1.807) is 7.11 Å². The molecule has 0 bridgehead atoms. The van der Waals surface area contributed by atoms with Crippen LogP contribution >= 0.6 is 0 Å². The molecule has 2 aromatic heterocycles. The summed E-state index contributed by atoms with van der Waals surface area (Å²) >= 11 is 0. The maximum Gasteiger partial charge on any atom is 0.152 e.